The van der Waals surface area contributed by atoms with E-state index < -0.39 is 44.6 Å². The number of aromatic nitrogens is 4. The third kappa shape index (κ3) is 4.15. The number of nitrogens with two attached hydrogens (primary N) is 1. The number of nitrogens with zero attached hydrogens (tertiary/aromatic N) is 4. The molecule has 2 fully saturated rings. The second-order valence-corrected chi connectivity index (χ2v) is 8.83. The normalized spacial score (nSPS) is 31.5. The first-order valence-electron chi connectivity index (χ1n) is 9.42. The van der Waals surface area contributed by atoms with Crippen molar-refractivity contribution < 1.29 is 42.9 Å². The van der Waals surface area contributed by atoms with Crippen LogP contribution in [0.25, 0.3) is 11.2 Å². The van der Waals surface area contributed by atoms with Crippen LogP contribution in [-0.4, -0.2) is 79.2 Å². The van der Waals surface area contributed by atoms with Crippen molar-refractivity contribution in [3.8, 4) is 5.88 Å². The number of carboxylic acid groups (broad SMARTS) is 1. The first kappa shape index (κ1) is 22.0. The minimum absolute atomic E-state index is 0.0418. The monoisotopic (exact) mass is 460 g/mol. The highest BCUT2D eigenvalue weighted by molar-refractivity contribution is 7.55. The largest absolute Gasteiger partial charge is 0.573 e. The van der Waals surface area contributed by atoms with E-state index in [1.165, 1.54) is 24.9 Å². The fourth-order valence-corrected chi connectivity index (χ4v) is 4.77. The molecule has 2 aromatic rings. The Labute approximate surface area is 176 Å². The van der Waals surface area contributed by atoms with Gasteiger partial charge in [0.2, 0.25) is 11.8 Å². The molecule has 14 nitrogen and oxygen atoms in total. The summed E-state index contributed by atoms with van der Waals surface area (Å²) in [6.45, 7) is 1.34. The van der Waals surface area contributed by atoms with Crippen molar-refractivity contribution in [2.24, 2.45) is 5.92 Å². The van der Waals surface area contributed by atoms with Crippen LogP contribution in [-0.2, 0) is 23.1 Å². The molecule has 2 aliphatic heterocycles. The third-order valence-electron chi connectivity index (χ3n) is 5.07. The lowest BCUT2D eigenvalue weighted by molar-refractivity contribution is -0.141. The third-order valence-corrected chi connectivity index (χ3v) is 6.56. The standard InChI is InChI=1S/C16H22N5O9P/c1-7(15(23)24)3-4-27-31(25)28-5-8-11(30-31)10(22)14(29-8)21-6-18-9-12(21)19-16(17)20-13(9)26-2/h6-8,10-11,14,22,25H,3-5H2,1-2H3,(H2-,17,19,20,23,24)/p+1/t7-,8-,10+,11-,14-,31?/m1/s1. The van der Waals surface area contributed by atoms with Crippen molar-refractivity contribution in [2.75, 3.05) is 26.1 Å². The molecule has 2 saturated heterocycles. The smallest absolute Gasteiger partial charge is 0.481 e. The van der Waals surface area contributed by atoms with Crippen molar-refractivity contribution in [3.63, 3.8) is 0 Å². The summed E-state index contributed by atoms with van der Waals surface area (Å²) in [6.07, 6.45) is -2.27. The van der Waals surface area contributed by atoms with Crippen LogP contribution in [0, 0.1) is 5.92 Å². The van der Waals surface area contributed by atoms with E-state index in [0.717, 1.165) is 0 Å². The van der Waals surface area contributed by atoms with E-state index in [2.05, 4.69) is 15.0 Å². The molecule has 0 aliphatic carbocycles. The highest BCUT2D eigenvalue weighted by Gasteiger charge is 2.61. The van der Waals surface area contributed by atoms with Crippen LogP contribution < -0.4 is 10.5 Å². The predicted molar refractivity (Wildman–Crippen MR) is 104 cm³/mol. The lowest BCUT2D eigenvalue weighted by Crippen LogP contribution is -2.41. The molecule has 0 amide bonds. The van der Waals surface area contributed by atoms with Crippen LogP contribution in [0.1, 0.15) is 19.6 Å². The molecule has 31 heavy (non-hydrogen) atoms. The van der Waals surface area contributed by atoms with Gasteiger partial charge in [-0.2, -0.15) is 23.9 Å². The van der Waals surface area contributed by atoms with Gasteiger partial charge in [0.25, 0.3) is 0 Å². The number of aliphatic hydroxyl groups excluding tert-OH is 1. The summed E-state index contributed by atoms with van der Waals surface area (Å²) in [6, 6.07) is 0. The number of aliphatic hydroxyl groups is 1. The fourth-order valence-electron chi connectivity index (χ4n) is 3.34. The molecule has 0 radical (unpaired) electrons. The van der Waals surface area contributed by atoms with Crippen LogP contribution in [0.2, 0.25) is 0 Å². The van der Waals surface area contributed by atoms with Crippen molar-refractivity contribution in [3.05, 3.63) is 6.33 Å². The van der Waals surface area contributed by atoms with E-state index in [0.29, 0.717) is 5.52 Å². The first-order chi connectivity index (χ1) is 14.7. The number of hydrogen-bond donors (Lipinski definition) is 4. The van der Waals surface area contributed by atoms with Crippen molar-refractivity contribution in [1.82, 2.24) is 19.5 Å². The van der Waals surface area contributed by atoms with E-state index in [1.807, 2.05) is 0 Å². The minimum atomic E-state index is -3.75. The highest BCUT2D eigenvalue weighted by Crippen LogP contribution is 2.63. The van der Waals surface area contributed by atoms with Crippen LogP contribution in [0.3, 0.4) is 0 Å². The summed E-state index contributed by atoms with van der Waals surface area (Å²) in [7, 11) is -2.33. The van der Waals surface area contributed by atoms with E-state index in [-0.39, 0.29) is 37.1 Å². The van der Waals surface area contributed by atoms with Gasteiger partial charge in [-0.3, -0.25) is 9.36 Å². The molecule has 0 bridgehead atoms. The van der Waals surface area contributed by atoms with Crippen molar-refractivity contribution in [2.45, 2.75) is 37.9 Å². The molecular formula is C16H23N5O9P+. The number of ether oxygens (including phenoxy) is 2. The van der Waals surface area contributed by atoms with Gasteiger partial charge in [0.15, 0.2) is 23.5 Å². The van der Waals surface area contributed by atoms with E-state index in [9.17, 15) is 14.8 Å². The molecule has 0 saturated carbocycles. The van der Waals surface area contributed by atoms with E-state index in [4.69, 9.17) is 33.9 Å². The van der Waals surface area contributed by atoms with Gasteiger partial charge in [0, 0.05) is 0 Å². The maximum atomic E-state index is 10.9. The fraction of sp³-hybridized carbons (Fsp3) is 0.625. The maximum Gasteiger partial charge on any atom is 0.573 e. The van der Waals surface area contributed by atoms with Gasteiger partial charge in [-0.25, -0.2) is 4.98 Å². The molecule has 1 unspecified atom stereocenters. The minimum Gasteiger partial charge on any atom is -0.481 e. The average Bonchev–Trinajstić information content (AvgIpc) is 3.28. The number of fused-ring (bicyclic) bond motifs is 2. The number of hydrogen-bond acceptors (Lipinski definition) is 12. The van der Waals surface area contributed by atoms with Gasteiger partial charge in [-0.1, -0.05) is 6.92 Å². The second kappa shape index (κ2) is 8.39. The lowest BCUT2D eigenvalue weighted by atomic mass is 10.1. The number of carbonyl (C=O) groups is 1. The molecule has 5 N–H and O–H groups in total. The van der Waals surface area contributed by atoms with Crippen LogP contribution in [0.4, 0.5) is 5.95 Å². The number of carboxylic acids is 1. The summed E-state index contributed by atoms with van der Waals surface area (Å²) in [5.74, 6) is -1.50. The summed E-state index contributed by atoms with van der Waals surface area (Å²) < 4.78 is 28.7. The lowest BCUT2D eigenvalue weighted by Gasteiger charge is -2.27. The number of methoxy groups -OCH3 is 1. The number of anilines is 1. The molecule has 6 atom stereocenters. The molecule has 4 rings (SSSR count). The Bertz CT molecular complexity index is 976. The van der Waals surface area contributed by atoms with Crippen molar-refractivity contribution in [1.29, 1.82) is 0 Å². The van der Waals surface area contributed by atoms with E-state index >= 15 is 0 Å². The number of rotatable bonds is 7. The van der Waals surface area contributed by atoms with Gasteiger partial charge in [-0.15, -0.1) is 4.52 Å². The van der Waals surface area contributed by atoms with Crippen molar-refractivity contribution >= 4 is 31.3 Å². The Hall–Kier alpha value is -2.19. The number of nitrogen functional groups attached to an aromatic ring is 1. The topological polar surface area (TPSA) is 194 Å². The summed E-state index contributed by atoms with van der Waals surface area (Å²) in [5.41, 5.74) is 6.35. The highest BCUT2D eigenvalue weighted by atomic mass is 31.2. The maximum absolute atomic E-state index is 10.9. The molecule has 0 aromatic carbocycles. The zero-order valence-electron chi connectivity index (χ0n) is 16.7. The van der Waals surface area contributed by atoms with E-state index in [1.54, 1.807) is 0 Å². The molecule has 0 spiro atoms. The summed E-state index contributed by atoms with van der Waals surface area (Å²) in [4.78, 5) is 33.8. The SMILES string of the molecule is COc1nc(N)nc2c1ncn2[C@@H]1O[C@@H]2CO[P+](O)(OCC[C@@H](C)C(=O)O)O[C@H]2[C@@H]1O. The zero-order valence-corrected chi connectivity index (χ0v) is 17.6. The Morgan fingerprint density at radius 2 is 2.26 bits per heavy atom. The quantitative estimate of drug-likeness (QED) is 0.400. The summed E-state index contributed by atoms with van der Waals surface area (Å²) >= 11 is 0. The molecule has 170 valence electrons. The summed E-state index contributed by atoms with van der Waals surface area (Å²) in [5, 5.41) is 19.8. The van der Waals surface area contributed by atoms with Gasteiger partial charge in [0.05, 0.1) is 19.4 Å². The van der Waals surface area contributed by atoms with Crippen LogP contribution in [0.5, 0.6) is 5.88 Å². The second-order valence-electron chi connectivity index (χ2n) is 7.17. The van der Waals surface area contributed by atoms with Gasteiger partial charge in [-0.05, 0) is 6.42 Å². The van der Waals surface area contributed by atoms with Gasteiger partial charge < -0.3 is 25.4 Å². The Morgan fingerprint density at radius 3 is 2.97 bits per heavy atom. The molecular weight excluding hydrogens is 437 g/mol. The Balaban J connectivity index is 1.49. The number of aliphatic carboxylic acids is 1. The predicted octanol–water partition coefficient (Wildman–Crippen LogP) is -0.112. The zero-order chi connectivity index (χ0) is 22.3. The van der Waals surface area contributed by atoms with Crippen LogP contribution >= 0.6 is 8.17 Å². The van der Waals surface area contributed by atoms with Gasteiger partial charge in [0.1, 0.15) is 25.4 Å². The Kier molecular flexibility index (Phi) is 5.96. The van der Waals surface area contributed by atoms with Crippen LogP contribution in [0.15, 0.2) is 6.33 Å². The molecule has 15 heteroatoms. The molecule has 4 heterocycles. The van der Waals surface area contributed by atoms with Gasteiger partial charge >= 0.3 is 14.1 Å². The molecule has 2 aliphatic rings. The molecule has 2 aromatic heterocycles. The first-order valence-corrected chi connectivity index (χ1v) is 10.9. The average molecular weight is 460 g/mol. The number of imidazole rings is 1. The Morgan fingerprint density at radius 1 is 1.48 bits per heavy atom.